The number of hydrogen-bond donors (Lipinski definition) is 0. The van der Waals surface area contributed by atoms with Gasteiger partial charge in [-0.25, -0.2) is 0 Å². The second-order valence-electron chi connectivity index (χ2n) is 6.28. The van der Waals surface area contributed by atoms with Crippen LogP contribution in [0.1, 0.15) is 12.8 Å². The highest BCUT2D eigenvalue weighted by molar-refractivity contribution is 5.84. The Kier molecular flexibility index (Phi) is 5.66. The number of rotatable bonds is 5. The molecule has 0 N–H and O–H groups in total. The molecule has 1 amide bonds. The molecular formula is C19H20F3NO3. The number of nitrogens with zero attached hydrogens (tertiary/aromatic N) is 1. The summed E-state index contributed by atoms with van der Waals surface area (Å²) in [6.45, 7) is -0.973. The van der Waals surface area contributed by atoms with Crippen molar-refractivity contribution in [3.63, 3.8) is 0 Å². The zero-order valence-electron chi connectivity index (χ0n) is 14.2. The molecule has 0 unspecified atom stereocenters. The fourth-order valence-electron chi connectivity index (χ4n) is 3.10. The summed E-state index contributed by atoms with van der Waals surface area (Å²) in [6.07, 6.45) is -3.65. The van der Waals surface area contributed by atoms with Gasteiger partial charge in [-0.15, -0.1) is 0 Å². The Morgan fingerprint density at radius 3 is 2.50 bits per heavy atom. The van der Waals surface area contributed by atoms with Gasteiger partial charge in [-0.3, -0.25) is 4.79 Å². The third-order valence-corrected chi connectivity index (χ3v) is 4.38. The van der Waals surface area contributed by atoms with Gasteiger partial charge in [-0.05, 0) is 35.7 Å². The molecule has 0 atom stereocenters. The number of ether oxygens (including phenoxy) is 2. The quantitative estimate of drug-likeness (QED) is 0.807. The minimum Gasteiger partial charge on any atom is -0.484 e. The molecule has 4 nitrogen and oxygen atoms in total. The number of amides is 1. The molecule has 0 aromatic heterocycles. The molecule has 1 saturated heterocycles. The minimum atomic E-state index is -4.45. The van der Waals surface area contributed by atoms with Crippen molar-refractivity contribution >= 4 is 16.7 Å². The highest BCUT2D eigenvalue weighted by Gasteiger charge is 2.37. The Bertz CT molecular complexity index is 757. The number of alkyl halides is 3. The summed E-state index contributed by atoms with van der Waals surface area (Å²) in [7, 11) is 0. The number of carbonyl (C=O) groups is 1. The van der Waals surface area contributed by atoms with Crippen LogP contribution in [0.3, 0.4) is 0 Å². The van der Waals surface area contributed by atoms with Crippen LogP contribution in [0.4, 0.5) is 13.2 Å². The summed E-state index contributed by atoms with van der Waals surface area (Å²) in [5, 5.41) is 1.96. The van der Waals surface area contributed by atoms with E-state index in [0.717, 1.165) is 15.7 Å². The van der Waals surface area contributed by atoms with E-state index in [1.165, 1.54) is 0 Å². The van der Waals surface area contributed by atoms with Crippen LogP contribution >= 0.6 is 0 Å². The van der Waals surface area contributed by atoms with Crippen LogP contribution in [0.15, 0.2) is 42.5 Å². The van der Waals surface area contributed by atoms with Crippen LogP contribution in [0, 0.1) is 0 Å². The van der Waals surface area contributed by atoms with Crippen LogP contribution in [0.5, 0.6) is 5.75 Å². The first-order valence-corrected chi connectivity index (χ1v) is 8.48. The van der Waals surface area contributed by atoms with Crippen molar-refractivity contribution in [3.8, 4) is 5.75 Å². The van der Waals surface area contributed by atoms with E-state index in [0.29, 0.717) is 31.8 Å². The van der Waals surface area contributed by atoms with Gasteiger partial charge in [0.1, 0.15) is 12.3 Å². The summed E-state index contributed by atoms with van der Waals surface area (Å²) in [6, 6.07) is 12.5. The number of halogens is 3. The lowest BCUT2D eigenvalue weighted by molar-refractivity contribution is -0.170. The normalized spacial score (nSPS) is 15.8. The molecule has 1 fully saturated rings. The Labute approximate surface area is 149 Å². The Morgan fingerprint density at radius 2 is 1.81 bits per heavy atom. The second kappa shape index (κ2) is 7.95. The monoisotopic (exact) mass is 367 g/mol. The maximum absolute atomic E-state index is 12.9. The molecule has 3 rings (SSSR count). The van der Waals surface area contributed by atoms with Gasteiger partial charge in [0, 0.05) is 19.3 Å². The van der Waals surface area contributed by atoms with Crippen molar-refractivity contribution in [2.75, 3.05) is 26.4 Å². The zero-order valence-corrected chi connectivity index (χ0v) is 14.2. The van der Waals surface area contributed by atoms with E-state index in [2.05, 4.69) is 0 Å². The van der Waals surface area contributed by atoms with Gasteiger partial charge in [0.15, 0.2) is 6.61 Å². The first-order valence-electron chi connectivity index (χ1n) is 8.48. The first-order chi connectivity index (χ1) is 12.4. The van der Waals surface area contributed by atoms with Crippen molar-refractivity contribution < 1.29 is 27.4 Å². The van der Waals surface area contributed by atoms with Crippen LogP contribution in [0.25, 0.3) is 10.8 Å². The highest BCUT2D eigenvalue weighted by atomic mass is 19.4. The van der Waals surface area contributed by atoms with Gasteiger partial charge < -0.3 is 14.4 Å². The third-order valence-electron chi connectivity index (χ3n) is 4.38. The van der Waals surface area contributed by atoms with E-state index in [4.69, 9.17) is 9.47 Å². The Morgan fingerprint density at radius 1 is 1.12 bits per heavy atom. The summed E-state index contributed by atoms with van der Waals surface area (Å²) >= 11 is 0. The van der Waals surface area contributed by atoms with Crippen LogP contribution in [-0.2, 0) is 9.53 Å². The molecule has 1 aliphatic heterocycles. The Hall–Kier alpha value is -2.28. The predicted octanol–water partition coefficient (Wildman–Crippen LogP) is 3.79. The molecule has 0 aliphatic carbocycles. The van der Waals surface area contributed by atoms with Gasteiger partial charge in [0.2, 0.25) is 0 Å². The van der Waals surface area contributed by atoms with Crippen LogP contribution in [0.2, 0.25) is 0 Å². The van der Waals surface area contributed by atoms with E-state index in [9.17, 15) is 18.0 Å². The van der Waals surface area contributed by atoms with Gasteiger partial charge in [0.05, 0.1) is 0 Å². The van der Waals surface area contributed by atoms with Gasteiger partial charge in [0.25, 0.3) is 5.91 Å². The van der Waals surface area contributed by atoms with Crippen molar-refractivity contribution in [2.24, 2.45) is 0 Å². The summed E-state index contributed by atoms with van der Waals surface area (Å²) in [5.41, 5.74) is 0. The highest BCUT2D eigenvalue weighted by Crippen LogP contribution is 2.24. The smallest absolute Gasteiger partial charge is 0.406 e. The van der Waals surface area contributed by atoms with E-state index < -0.39 is 31.3 Å². The van der Waals surface area contributed by atoms with Crippen molar-refractivity contribution in [2.45, 2.75) is 25.1 Å². The number of benzene rings is 2. The predicted molar refractivity (Wildman–Crippen MR) is 91.1 cm³/mol. The summed E-state index contributed by atoms with van der Waals surface area (Å²) < 4.78 is 49.3. The van der Waals surface area contributed by atoms with Gasteiger partial charge in [-0.1, -0.05) is 30.3 Å². The largest absolute Gasteiger partial charge is 0.484 e. The minimum absolute atomic E-state index is 0.359. The summed E-state index contributed by atoms with van der Waals surface area (Å²) in [4.78, 5) is 13.3. The lowest BCUT2D eigenvalue weighted by Crippen LogP contribution is -2.49. The molecule has 7 heteroatoms. The SMILES string of the molecule is O=C(COc1ccc2ccccc2c1)N(CC(F)(F)F)C1CCOCC1. The third kappa shape index (κ3) is 4.88. The molecular weight excluding hydrogens is 347 g/mol. The number of carbonyl (C=O) groups excluding carboxylic acids is 1. The molecule has 0 saturated carbocycles. The van der Waals surface area contributed by atoms with E-state index in [1.54, 1.807) is 12.1 Å². The molecule has 26 heavy (non-hydrogen) atoms. The molecule has 1 aliphatic rings. The topological polar surface area (TPSA) is 38.8 Å². The fraction of sp³-hybridized carbons (Fsp3) is 0.421. The average molecular weight is 367 g/mol. The van der Waals surface area contributed by atoms with Gasteiger partial charge in [-0.2, -0.15) is 13.2 Å². The first kappa shape index (κ1) is 18.5. The fourth-order valence-corrected chi connectivity index (χ4v) is 3.10. The maximum Gasteiger partial charge on any atom is 0.406 e. The molecule has 140 valence electrons. The van der Waals surface area contributed by atoms with E-state index in [1.807, 2.05) is 30.3 Å². The van der Waals surface area contributed by atoms with Crippen molar-refractivity contribution in [3.05, 3.63) is 42.5 Å². The standard InChI is InChI=1S/C19H20F3NO3/c20-19(21,22)13-23(16-7-9-25-10-8-16)18(24)12-26-17-6-5-14-3-1-2-4-15(14)11-17/h1-6,11,16H,7-10,12-13H2. The molecule has 0 spiro atoms. The molecule has 2 aromatic carbocycles. The van der Waals surface area contributed by atoms with Gasteiger partial charge >= 0.3 is 6.18 Å². The number of hydrogen-bond acceptors (Lipinski definition) is 3. The zero-order chi connectivity index (χ0) is 18.6. The van der Waals surface area contributed by atoms with Crippen molar-refractivity contribution in [1.29, 1.82) is 0 Å². The van der Waals surface area contributed by atoms with E-state index >= 15 is 0 Å². The molecule has 0 radical (unpaired) electrons. The second-order valence-corrected chi connectivity index (χ2v) is 6.28. The molecule has 1 heterocycles. The van der Waals surface area contributed by atoms with E-state index in [-0.39, 0.29) is 0 Å². The number of fused-ring (bicyclic) bond motifs is 1. The summed E-state index contributed by atoms with van der Waals surface area (Å²) in [5.74, 6) is -0.210. The average Bonchev–Trinajstić information content (AvgIpc) is 2.64. The molecule has 0 bridgehead atoms. The molecule has 2 aromatic rings. The Balaban J connectivity index is 1.67. The maximum atomic E-state index is 12.9. The lowest BCUT2D eigenvalue weighted by atomic mass is 10.1. The van der Waals surface area contributed by atoms with Crippen molar-refractivity contribution in [1.82, 2.24) is 4.90 Å². The lowest BCUT2D eigenvalue weighted by Gasteiger charge is -2.34. The van der Waals surface area contributed by atoms with Crippen LogP contribution in [-0.4, -0.2) is 49.4 Å². The van der Waals surface area contributed by atoms with Crippen LogP contribution < -0.4 is 4.74 Å².